The summed E-state index contributed by atoms with van der Waals surface area (Å²) < 4.78 is 15.1. The van der Waals surface area contributed by atoms with Crippen LogP contribution < -0.4 is 5.32 Å². The number of nitrogens with zero attached hydrogens (tertiary/aromatic N) is 2. The first kappa shape index (κ1) is 12.2. The third kappa shape index (κ3) is 2.07. The summed E-state index contributed by atoms with van der Waals surface area (Å²) in [5, 5.41) is 15.6. The van der Waals surface area contributed by atoms with Gasteiger partial charge in [-0.25, -0.2) is 8.91 Å². The molecule has 2 heterocycles. The number of carbonyl (C=O) groups is 1. The third-order valence-electron chi connectivity index (χ3n) is 2.87. The van der Waals surface area contributed by atoms with Crippen molar-refractivity contribution in [1.29, 1.82) is 0 Å². The Hall–Kier alpha value is -2.89. The van der Waals surface area contributed by atoms with E-state index in [-0.39, 0.29) is 11.4 Å². The lowest BCUT2D eigenvalue weighted by Crippen LogP contribution is -2.12. The van der Waals surface area contributed by atoms with Crippen molar-refractivity contribution in [3.05, 3.63) is 60.2 Å². The highest BCUT2D eigenvalue weighted by atomic mass is 19.1. The van der Waals surface area contributed by atoms with Gasteiger partial charge in [0.15, 0.2) is 0 Å². The number of halogens is 1. The van der Waals surface area contributed by atoms with Crippen LogP contribution in [0.15, 0.2) is 48.8 Å². The number of phenolic OH excluding ortho intramolecular Hbond substituents is 1. The van der Waals surface area contributed by atoms with Crippen LogP contribution >= 0.6 is 0 Å². The van der Waals surface area contributed by atoms with Crippen molar-refractivity contribution < 1.29 is 14.3 Å². The van der Waals surface area contributed by atoms with Gasteiger partial charge in [-0.05, 0) is 24.3 Å². The molecule has 6 heteroatoms. The number of hydrogen-bond donors (Lipinski definition) is 2. The van der Waals surface area contributed by atoms with E-state index < -0.39 is 11.7 Å². The first-order valence-electron chi connectivity index (χ1n) is 5.87. The second-order valence-corrected chi connectivity index (χ2v) is 4.21. The second kappa shape index (κ2) is 4.65. The molecule has 0 aliphatic heterocycles. The van der Waals surface area contributed by atoms with Crippen molar-refractivity contribution in [3.8, 4) is 5.75 Å². The monoisotopic (exact) mass is 271 g/mol. The van der Waals surface area contributed by atoms with Gasteiger partial charge in [0.1, 0.15) is 11.6 Å². The van der Waals surface area contributed by atoms with Crippen molar-refractivity contribution in [3.63, 3.8) is 0 Å². The van der Waals surface area contributed by atoms with Crippen LogP contribution in [0.2, 0.25) is 0 Å². The Balaban J connectivity index is 1.93. The molecule has 2 N–H and O–H groups in total. The van der Waals surface area contributed by atoms with Crippen LogP contribution in [-0.2, 0) is 0 Å². The van der Waals surface area contributed by atoms with Crippen molar-refractivity contribution in [1.82, 2.24) is 9.61 Å². The molecule has 0 saturated heterocycles. The van der Waals surface area contributed by atoms with Gasteiger partial charge in [0, 0.05) is 12.3 Å². The quantitative estimate of drug-likeness (QED) is 0.703. The minimum atomic E-state index is -0.699. The number of rotatable bonds is 2. The fourth-order valence-corrected chi connectivity index (χ4v) is 1.90. The van der Waals surface area contributed by atoms with E-state index in [1.807, 2.05) is 0 Å². The summed E-state index contributed by atoms with van der Waals surface area (Å²) >= 11 is 0. The summed E-state index contributed by atoms with van der Waals surface area (Å²) in [6.07, 6.45) is 3.14. The molecule has 3 rings (SSSR count). The number of fused-ring (bicyclic) bond motifs is 1. The van der Waals surface area contributed by atoms with Crippen LogP contribution in [0, 0.1) is 5.82 Å². The summed E-state index contributed by atoms with van der Waals surface area (Å²) in [7, 11) is 0. The Morgan fingerprint density at radius 3 is 2.95 bits per heavy atom. The Morgan fingerprint density at radius 2 is 2.15 bits per heavy atom. The van der Waals surface area contributed by atoms with Crippen molar-refractivity contribution in [2.45, 2.75) is 0 Å². The van der Waals surface area contributed by atoms with Gasteiger partial charge in [-0.2, -0.15) is 5.10 Å². The minimum absolute atomic E-state index is 0.00285. The van der Waals surface area contributed by atoms with Crippen molar-refractivity contribution in [2.75, 3.05) is 5.32 Å². The summed E-state index contributed by atoms with van der Waals surface area (Å²) in [5.41, 5.74) is 0.977. The first-order valence-corrected chi connectivity index (χ1v) is 5.87. The highest BCUT2D eigenvalue weighted by molar-refractivity contribution is 6.08. The van der Waals surface area contributed by atoms with Crippen LogP contribution in [0.5, 0.6) is 5.75 Å². The van der Waals surface area contributed by atoms with Crippen molar-refractivity contribution >= 4 is 17.1 Å². The molecule has 0 aliphatic rings. The van der Waals surface area contributed by atoms with Gasteiger partial charge < -0.3 is 10.4 Å². The van der Waals surface area contributed by atoms with Crippen LogP contribution in [0.25, 0.3) is 5.52 Å². The topological polar surface area (TPSA) is 66.6 Å². The largest absolute Gasteiger partial charge is 0.508 e. The number of phenols is 1. The van der Waals surface area contributed by atoms with Gasteiger partial charge in [-0.3, -0.25) is 4.79 Å². The molecule has 100 valence electrons. The number of aromatic hydroxyl groups is 1. The minimum Gasteiger partial charge on any atom is -0.508 e. The molecule has 20 heavy (non-hydrogen) atoms. The zero-order valence-corrected chi connectivity index (χ0v) is 10.2. The number of pyridine rings is 1. The lowest BCUT2D eigenvalue weighted by molar-refractivity contribution is 0.102. The number of nitrogens with one attached hydrogen (secondary N) is 1. The average Bonchev–Trinajstić information content (AvgIpc) is 2.86. The van der Waals surface area contributed by atoms with Gasteiger partial charge >= 0.3 is 0 Å². The van der Waals surface area contributed by atoms with Crippen molar-refractivity contribution in [2.24, 2.45) is 0 Å². The van der Waals surface area contributed by atoms with E-state index in [4.69, 9.17) is 5.11 Å². The Bertz CT molecular complexity index is 798. The highest BCUT2D eigenvalue weighted by Gasteiger charge is 2.14. The van der Waals surface area contributed by atoms with Crippen LogP contribution in [0.3, 0.4) is 0 Å². The lowest BCUT2D eigenvalue weighted by atomic mass is 10.2. The van der Waals surface area contributed by atoms with E-state index >= 15 is 0 Å². The molecule has 0 aliphatic carbocycles. The third-order valence-corrected chi connectivity index (χ3v) is 2.87. The SMILES string of the molecule is O=C(Nc1ccc(O)cc1F)c1cnn2ccccc12. The molecule has 1 aromatic carbocycles. The maximum atomic E-state index is 13.6. The number of hydrogen-bond acceptors (Lipinski definition) is 3. The van der Waals surface area contributed by atoms with Crippen LogP contribution in [-0.4, -0.2) is 20.6 Å². The molecule has 0 spiro atoms. The Labute approximate surface area is 113 Å². The Kier molecular flexibility index (Phi) is 2.83. The number of anilines is 1. The zero-order valence-electron chi connectivity index (χ0n) is 10.2. The molecule has 0 saturated carbocycles. The standard InChI is InChI=1S/C14H10FN3O2/c15-11-7-9(19)4-5-12(11)17-14(20)10-8-16-18-6-2-1-3-13(10)18/h1-8,19H,(H,17,20). The maximum Gasteiger partial charge on any atom is 0.259 e. The molecule has 0 fully saturated rings. The van der Waals surface area contributed by atoms with Gasteiger partial charge in [0.25, 0.3) is 5.91 Å². The number of aromatic nitrogens is 2. The van der Waals surface area contributed by atoms with E-state index in [1.54, 1.807) is 28.9 Å². The van der Waals surface area contributed by atoms with E-state index in [9.17, 15) is 9.18 Å². The van der Waals surface area contributed by atoms with E-state index in [2.05, 4.69) is 10.4 Å². The molecule has 0 unspecified atom stereocenters. The molecule has 1 amide bonds. The van der Waals surface area contributed by atoms with Crippen LogP contribution in [0.1, 0.15) is 10.4 Å². The lowest BCUT2D eigenvalue weighted by Gasteiger charge is -2.05. The predicted molar refractivity (Wildman–Crippen MR) is 71.2 cm³/mol. The highest BCUT2D eigenvalue weighted by Crippen LogP contribution is 2.20. The average molecular weight is 271 g/mol. The maximum absolute atomic E-state index is 13.6. The first-order chi connectivity index (χ1) is 9.65. The molecule has 5 nitrogen and oxygen atoms in total. The summed E-state index contributed by atoms with van der Waals surface area (Å²) in [6, 6.07) is 8.86. The van der Waals surface area contributed by atoms with E-state index in [0.29, 0.717) is 11.1 Å². The van der Waals surface area contributed by atoms with Gasteiger partial charge in [-0.15, -0.1) is 0 Å². The summed E-state index contributed by atoms with van der Waals surface area (Å²) in [5.74, 6) is -1.36. The van der Waals surface area contributed by atoms with Gasteiger partial charge in [0.05, 0.1) is 23.0 Å². The molecule has 3 aromatic rings. The number of amides is 1. The van der Waals surface area contributed by atoms with Gasteiger partial charge in [0.2, 0.25) is 0 Å². The molecular weight excluding hydrogens is 261 g/mol. The smallest absolute Gasteiger partial charge is 0.259 e. The second-order valence-electron chi connectivity index (χ2n) is 4.21. The molecule has 0 radical (unpaired) electrons. The Morgan fingerprint density at radius 1 is 1.30 bits per heavy atom. The molecule has 2 aromatic heterocycles. The summed E-state index contributed by atoms with van der Waals surface area (Å²) in [4.78, 5) is 12.1. The molecule has 0 bridgehead atoms. The predicted octanol–water partition coefficient (Wildman–Crippen LogP) is 2.43. The summed E-state index contributed by atoms with van der Waals surface area (Å²) in [6.45, 7) is 0. The zero-order chi connectivity index (χ0) is 14.1. The van der Waals surface area contributed by atoms with E-state index in [1.165, 1.54) is 18.3 Å². The normalized spacial score (nSPS) is 10.7. The molecule has 0 atom stereocenters. The number of carbonyl (C=O) groups excluding carboxylic acids is 1. The number of benzene rings is 1. The van der Waals surface area contributed by atoms with Crippen LogP contribution in [0.4, 0.5) is 10.1 Å². The van der Waals surface area contributed by atoms with Gasteiger partial charge in [-0.1, -0.05) is 6.07 Å². The fraction of sp³-hybridized carbons (Fsp3) is 0. The molecular formula is C14H10FN3O2. The fourth-order valence-electron chi connectivity index (χ4n) is 1.90. The van der Waals surface area contributed by atoms with E-state index in [0.717, 1.165) is 6.07 Å².